The predicted octanol–water partition coefficient (Wildman–Crippen LogP) is 14.2. The highest BCUT2D eigenvalue weighted by Gasteiger charge is 2.27. The molecule has 3 aliphatic carbocycles. The Morgan fingerprint density at radius 1 is 0.476 bits per heavy atom. The Balaban J connectivity index is 0.984. The summed E-state index contributed by atoms with van der Waals surface area (Å²) in [5, 5.41) is 3.74. The largest absolute Gasteiger partial charge is 0.328 e. The van der Waals surface area contributed by atoms with E-state index in [-0.39, 0.29) is 5.92 Å². The lowest BCUT2D eigenvalue weighted by Gasteiger charge is -2.32. The van der Waals surface area contributed by atoms with Crippen LogP contribution in [-0.2, 0) is 0 Å². The summed E-state index contributed by atoms with van der Waals surface area (Å²) in [4.78, 5) is 17.7. The van der Waals surface area contributed by atoms with Crippen molar-refractivity contribution in [3.05, 3.63) is 253 Å². The number of anilines is 6. The van der Waals surface area contributed by atoms with Gasteiger partial charge in [0.05, 0.1) is 0 Å². The third kappa shape index (κ3) is 8.75. The van der Waals surface area contributed by atoms with E-state index in [1.165, 1.54) is 22.8 Å². The van der Waals surface area contributed by atoms with E-state index < -0.39 is 6.17 Å². The van der Waals surface area contributed by atoms with Crippen LogP contribution in [0, 0.1) is 5.92 Å². The Hall–Kier alpha value is -7.70. The molecule has 4 aliphatic rings. The number of hydrogen-bond donors (Lipinski definition) is 1. The van der Waals surface area contributed by atoms with Crippen LogP contribution < -0.4 is 20.0 Å². The molecular formula is C57H50N6. The Kier molecular flexibility index (Phi) is 11.6. The van der Waals surface area contributed by atoms with Crippen LogP contribution in [0.5, 0.6) is 0 Å². The molecule has 0 radical (unpaired) electrons. The summed E-state index contributed by atoms with van der Waals surface area (Å²) in [7, 11) is 0. The first-order valence-corrected chi connectivity index (χ1v) is 22.1. The fourth-order valence-corrected chi connectivity index (χ4v) is 8.72. The highest BCUT2D eigenvalue weighted by Crippen LogP contribution is 2.38. The van der Waals surface area contributed by atoms with Crippen LogP contribution >= 0.6 is 0 Å². The molecule has 0 fully saturated rings. The molecule has 2 atom stereocenters. The van der Waals surface area contributed by atoms with Gasteiger partial charge in [0.2, 0.25) is 0 Å². The smallest absolute Gasteiger partial charge is 0.169 e. The van der Waals surface area contributed by atoms with Crippen molar-refractivity contribution in [3.8, 4) is 0 Å². The van der Waals surface area contributed by atoms with Crippen LogP contribution in [0.3, 0.4) is 0 Å². The van der Waals surface area contributed by atoms with Crippen molar-refractivity contribution in [1.82, 2.24) is 5.32 Å². The van der Waals surface area contributed by atoms with Crippen molar-refractivity contribution in [2.45, 2.75) is 38.3 Å². The van der Waals surface area contributed by atoms with Crippen LogP contribution in [0.1, 0.15) is 49.4 Å². The maximum atomic E-state index is 5.37. The molecule has 1 aliphatic heterocycles. The van der Waals surface area contributed by atoms with Gasteiger partial charge in [0.25, 0.3) is 0 Å². The van der Waals surface area contributed by atoms with Crippen molar-refractivity contribution in [1.29, 1.82) is 0 Å². The molecule has 10 rings (SSSR count). The molecule has 0 spiro atoms. The van der Waals surface area contributed by atoms with Gasteiger partial charge < -0.3 is 20.0 Å². The summed E-state index contributed by atoms with van der Waals surface area (Å²) in [5.74, 6) is 1.77. The topological polar surface area (TPSA) is 46.5 Å². The van der Waals surface area contributed by atoms with Gasteiger partial charge >= 0.3 is 0 Å². The highest BCUT2D eigenvalue weighted by atomic mass is 15.2. The molecule has 0 bridgehead atoms. The monoisotopic (exact) mass is 818 g/mol. The Labute approximate surface area is 371 Å². The number of benzene rings is 6. The van der Waals surface area contributed by atoms with Gasteiger partial charge in [-0.05, 0) is 141 Å². The average Bonchev–Trinajstić information content (AvgIpc) is 3.37. The molecule has 0 saturated carbocycles. The van der Waals surface area contributed by atoms with E-state index in [0.29, 0.717) is 0 Å². The minimum Gasteiger partial charge on any atom is -0.328 e. The van der Waals surface area contributed by atoms with Gasteiger partial charge in [0.1, 0.15) is 11.7 Å². The second-order valence-electron chi connectivity index (χ2n) is 16.0. The first-order valence-electron chi connectivity index (χ1n) is 22.1. The number of aliphatic imine (C=N–C) groups is 2. The van der Waals surface area contributed by atoms with Gasteiger partial charge in [-0.2, -0.15) is 0 Å². The zero-order chi connectivity index (χ0) is 42.2. The Bertz CT molecular complexity index is 2720. The molecule has 6 aromatic carbocycles. The third-order valence-electron chi connectivity index (χ3n) is 11.9. The average molecular weight is 819 g/mol. The van der Waals surface area contributed by atoms with Crippen LogP contribution in [0.15, 0.2) is 252 Å². The summed E-state index contributed by atoms with van der Waals surface area (Å²) < 4.78 is 0. The van der Waals surface area contributed by atoms with Crippen molar-refractivity contribution in [3.63, 3.8) is 0 Å². The number of hydrogen-bond acceptors (Lipinski definition) is 6. The fourth-order valence-electron chi connectivity index (χ4n) is 8.72. The minimum absolute atomic E-state index is 0.0448. The normalized spacial score (nSPS) is 17.9. The van der Waals surface area contributed by atoms with E-state index in [2.05, 4.69) is 245 Å². The van der Waals surface area contributed by atoms with Gasteiger partial charge in [0.15, 0.2) is 6.17 Å². The standard InChI is InChI=1S/C57H50N6/c1-7-19-46(20-8-1)61(47-21-9-2-10-22-47)52-37-31-43(32-38-52)55-58-56(44-33-39-53(40-34-44)62(48-23-11-3-12-24-48)49-25-13-4-14-26-49)60-57(59-55)45-35-41-54(42-36-45)63(50-27-15-5-16-28-50)51-29-17-6-18-30-51/h1-5,7-13,15-17,19-25,27-33,35-42,44,55H,6,14,18,26,34H2,(H,58,59,60). The number of amidine groups is 2. The van der Waals surface area contributed by atoms with Gasteiger partial charge in [-0.25, -0.2) is 9.98 Å². The van der Waals surface area contributed by atoms with Gasteiger partial charge in [-0.15, -0.1) is 0 Å². The quantitative estimate of drug-likeness (QED) is 0.134. The summed E-state index contributed by atoms with van der Waals surface area (Å²) in [5.41, 5.74) is 12.4. The van der Waals surface area contributed by atoms with E-state index in [1.54, 1.807) is 0 Å². The summed E-state index contributed by atoms with van der Waals surface area (Å²) in [6.45, 7) is 0. The molecule has 0 aromatic heterocycles. The first-order chi connectivity index (χ1) is 31.2. The number of nitrogens with one attached hydrogen (secondary N) is 1. The maximum absolute atomic E-state index is 5.37. The van der Waals surface area contributed by atoms with E-state index in [9.17, 15) is 0 Å². The number of allylic oxidation sites excluding steroid dienone is 9. The molecule has 2 unspecified atom stereocenters. The molecular weight excluding hydrogens is 769 g/mol. The van der Waals surface area contributed by atoms with Crippen LogP contribution in [0.2, 0.25) is 0 Å². The van der Waals surface area contributed by atoms with Crippen LogP contribution in [0.25, 0.3) is 0 Å². The molecule has 6 nitrogen and oxygen atoms in total. The fraction of sp³-hybridized carbons (Fsp3) is 0.123. The molecule has 6 aromatic rings. The zero-order valence-electron chi connectivity index (χ0n) is 35.3. The Morgan fingerprint density at radius 3 is 1.59 bits per heavy atom. The van der Waals surface area contributed by atoms with Gasteiger partial charge in [0, 0.05) is 62.7 Å². The van der Waals surface area contributed by atoms with Gasteiger partial charge in [-0.1, -0.05) is 121 Å². The van der Waals surface area contributed by atoms with E-state index in [1.807, 2.05) is 0 Å². The van der Waals surface area contributed by atoms with Crippen LogP contribution in [0.4, 0.5) is 34.1 Å². The number of para-hydroxylation sites is 4. The SMILES string of the molecule is C1=CCCC(N(C2=CCC(C3=NC(c4ccc(N(c5ccccc5)c5ccccc5)cc4)N=C(c4ccc(N(C5=CCCC=C5)c5ccccc5)cc4)N3)C=C2)c2ccccc2)=C1. The maximum Gasteiger partial charge on any atom is 0.169 e. The van der Waals surface area contributed by atoms with Gasteiger partial charge in [-0.3, -0.25) is 0 Å². The minimum atomic E-state index is -0.427. The van der Waals surface area contributed by atoms with E-state index >= 15 is 0 Å². The zero-order valence-corrected chi connectivity index (χ0v) is 35.3. The third-order valence-corrected chi connectivity index (χ3v) is 11.9. The molecule has 0 saturated heterocycles. The molecule has 0 amide bonds. The summed E-state index contributed by atoms with van der Waals surface area (Å²) >= 11 is 0. The lowest BCUT2D eigenvalue weighted by molar-refractivity contribution is 0.718. The Morgan fingerprint density at radius 2 is 1.03 bits per heavy atom. The van der Waals surface area contributed by atoms with Crippen molar-refractivity contribution < 1.29 is 0 Å². The molecule has 308 valence electrons. The van der Waals surface area contributed by atoms with Crippen molar-refractivity contribution in [2.75, 3.05) is 14.7 Å². The molecule has 1 N–H and O–H groups in total. The molecule has 63 heavy (non-hydrogen) atoms. The van der Waals surface area contributed by atoms with Crippen molar-refractivity contribution >= 4 is 45.8 Å². The lowest BCUT2D eigenvalue weighted by atomic mass is 9.95. The number of rotatable bonds is 12. The predicted molar refractivity (Wildman–Crippen MR) is 263 cm³/mol. The number of nitrogens with zero attached hydrogens (tertiary/aromatic N) is 5. The molecule has 1 heterocycles. The van der Waals surface area contributed by atoms with Crippen molar-refractivity contribution in [2.24, 2.45) is 15.9 Å². The lowest BCUT2D eigenvalue weighted by Crippen LogP contribution is -2.39. The highest BCUT2D eigenvalue weighted by molar-refractivity contribution is 6.11. The first kappa shape index (κ1) is 39.4. The summed E-state index contributed by atoms with van der Waals surface area (Å²) in [6.07, 6.45) is 24.9. The summed E-state index contributed by atoms with van der Waals surface area (Å²) in [6, 6.07) is 59.8. The van der Waals surface area contributed by atoms with E-state index in [4.69, 9.17) is 9.98 Å². The molecule has 6 heteroatoms. The second-order valence-corrected chi connectivity index (χ2v) is 16.0. The van der Waals surface area contributed by atoms with E-state index in [0.717, 1.165) is 83.3 Å². The second kappa shape index (κ2) is 18.5. The van der Waals surface area contributed by atoms with Crippen LogP contribution in [-0.4, -0.2) is 11.7 Å².